The van der Waals surface area contributed by atoms with Crippen LogP contribution in [0.2, 0.25) is 0 Å². The van der Waals surface area contributed by atoms with Gasteiger partial charge >= 0.3 is 5.97 Å². The molecule has 0 aliphatic carbocycles. The van der Waals surface area contributed by atoms with Gasteiger partial charge in [0, 0.05) is 16.8 Å². The van der Waals surface area contributed by atoms with E-state index >= 15 is 0 Å². The third-order valence-electron chi connectivity index (χ3n) is 2.33. The first-order chi connectivity index (χ1) is 7.11. The highest BCUT2D eigenvalue weighted by Crippen LogP contribution is 2.30. The Morgan fingerprint density at radius 3 is 2.47 bits per heavy atom. The zero-order valence-corrected chi connectivity index (χ0v) is 7.93. The molecule has 0 fully saturated rings. The normalized spacial score (nSPS) is 14.3. The quantitative estimate of drug-likeness (QED) is 0.785. The number of hydrogen-bond acceptors (Lipinski definition) is 2. The number of amides is 1. The number of carboxylic acids is 1. The van der Waals surface area contributed by atoms with E-state index < -0.39 is 5.97 Å². The van der Waals surface area contributed by atoms with Crippen molar-refractivity contribution in [3.63, 3.8) is 0 Å². The molecule has 0 bridgehead atoms. The van der Waals surface area contributed by atoms with Gasteiger partial charge in [-0.2, -0.15) is 0 Å². The van der Waals surface area contributed by atoms with Crippen LogP contribution in [-0.2, 0) is 4.79 Å². The molecule has 1 amide bonds. The van der Waals surface area contributed by atoms with Gasteiger partial charge in [-0.05, 0) is 6.07 Å². The number of carbonyl (C=O) groups is 2. The monoisotopic (exact) mass is 203 g/mol. The molecule has 0 spiro atoms. The maximum absolute atomic E-state index is 11.7. The highest BCUT2D eigenvalue weighted by atomic mass is 16.4. The number of rotatable bonds is 2. The molecular formula is C11H9NO3. The standard InChI is InChI=1S/C11H9NO3/c1-7-8-4-2-3-5-9(8)11(15)12(7)6-10(13)14/h2-5H,1,6H2,(H,13,14). The summed E-state index contributed by atoms with van der Waals surface area (Å²) in [5, 5.41) is 8.65. The number of carboxylic acid groups (broad SMARTS) is 1. The summed E-state index contributed by atoms with van der Waals surface area (Å²) in [6, 6.07) is 6.97. The number of benzene rings is 1. The molecule has 0 saturated carbocycles. The lowest BCUT2D eigenvalue weighted by molar-refractivity contribution is -0.137. The Bertz CT molecular complexity index is 430. The molecule has 0 atom stereocenters. The molecule has 0 aromatic heterocycles. The summed E-state index contributed by atoms with van der Waals surface area (Å²) in [6.45, 7) is 3.38. The van der Waals surface area contributed by atoms with Gasteiger partial charge < -0.3 is 5.11 Å². The van der Waals surface area contributed by atoms with E-state index in [1.807, 2.05) is 0 Å². The number of carbonyl (C=O) groups excluding carboxylic acids is 1. The highest BCUT2D eigenvalue weighted by Gasteiger charge is 2.31. The molecule has 76 valence electrons. The first kappa shape index (κ1) is 9.45. The molecule has 15 heavy (non-hydrogen) atoms. The predicted molar refractivity (Wildman–Crippen MR) is 54.1 cm³/mol. The summed E-state index contributed by atoms with van der Waals surface area (Å²) >= 11 is 0. The molecule has 1 aliphatic heterocycles. The van der Waals surface area contributed by atoms with Crippen molar-refractivity contribution in [1.29, 1.82) is 0 Å². The fourth-order valence-corrected chi connectivity index (χ4v) is 1.64. The fraction of sp³-hybridized carbons (Fsp3) is 0.0909. The lowest BCUT2D eigenvalue weighted by atomic mass is 10.1. The van der Waals surface area contributed by atoms with Crippen LogP contribution in [0.5, 0.6) is 0 Å². The molecule has 1 aromatic carbocycles. The van der Waals surface area contributed by atoms with E-state index in [0.717, 1.165) is 0 Å². The average molecular weight is 203 g/mol. The first-order valence-corrected chi connectivity index (χ1v) is 4.43. The predicted octanol–water partition coefficient (Wildman–Crippen LogP) is 1.20. The van der Waals surface area contributed by atoms with E-state index in [0.29, 0.717) is 16.8 Å². The van der Waals surface area contributed by atoms with Crippen LogP contribution in [0, 0.1) is 0 Å². The van der Waals surface area contributed by atoms with Crippen molar-refractivity contribution >= 4 is 17.6 Å². The van der Waals surface area contributed by atoms with Crippen LogP contribution in [0.4, 0.5) is 0 Å². The molecular weight excluding hydrogens is 194 g/mol. The van der Waals surface area contributed by atoms with E-state index in [1.165, 1.54) is 4.90 Å². The van der Waals surface area contributed by atoms with E-state index in [1.54, 1.807) is 24.3 Å². The molecule has 1 N–H and O–H groups in total. The Kier molecular flexibility index (Phi) is 2.04. The van der Waals surface area contributed by atoms with E-state index in [-0.39, 0.29) is 12.5 Å². The molecule has 0 saturated heterocycles. The van der Waals surface area contributed by atoms with Gasteiger partial charge in [0.2, 0.25) is 0 Å². The Hall–Kier alpha value is -2.10. The van der Waals surface area contributed by atoms with Crippen molar-refractivity contribution < 1.29 is 14.7 Å². The van der Waals surface area contributed by atoms with Crippen molar-refractivity contribution in [3.8, 4) is 0 Å². The molecule has 0 unspecified atom stereocenters. The number of nitrogens with zero attached hydrogens (tertiary/aromatic N) is 1. The van der Waals surface area contributed by atoms with Crippen molar-refractivity contribution in [3.05, 3.63) is 42.0 Å². The summed E-state index contributed by atoms with van der Waals surface area (Å²) in [5.74, 6) is -1.34. The fourth-order valence-electron chi connectivity index (χ4n) is 1.64. The summed E-state index contributed by atoms with van der Waals surface area (Å²) in [6.07, 6.45) is 0. The molecule has 1 aromatic rings. The summed E-state index contributed by atoms with van der Waals surface area (Å²) in [5.41, 5.74) is 1.69. The largest absolute Gasteiger partial charge is 0.480 e. The Labute approximate surface area is 86.4 Å². The zero-order valence-electron chi connectivity index (χ0n) is 7.93. The second-order valence-electron chi connectivity index (χ2n) is 3.28. The molecule has 0 radical (unpaired) electrons. The van der Waals surface area contributed by atoms with Gasteiger partial charge in [-0.15, -0.1) is 0 Å². The lowest BCUT2D eigenvalue weighted by Gasteiger charge is -2.13. The second kappa shape index (κ2) is 3.24. The van der Waals surface area contributed by atoms with Crippen molar-refractivity contribution in [2.75, 3.05) is 6.54 Å². The topological polar surface area (TPSA) is 57.6 Å². The Morgan fingerprint density at radius 1 is 1.33 bits per heavy atom. The minimum Gasteiger partial charge on any atom is -0.480 e. The van der Waals surface area contributed by atoms with Gasteiger partial charge in [0.1, 0.15) is 6.54 Å². The number of fused-ring (bicyclic) bond motifs is 1. The van der Waals surface area contributed by atoms with Crippen molar-refractivity contribution in [2.24, 2.45) is 0 Å². The maximum Gasteiger partial charge on any atom is 0.323 e. The van der Waals surface area contributed by atoms with Crippen molar-refractivity contribution in [2.45, 2.75) is 0 Å². The van der Waals surface area contributed by atoms with E-state index in [4.69, 9.17) is 5.11 Å². The van der Waals surface area contributed by atoms with Crippen LogP contribution in [0.25, 0.3) is 5.70 Å². The van der Waals surface area contributed by atoms with Gasteiger partial charge in [-0.3, -0.25) is 14.5 Å². The molecule has 4 heteroatoms. The minimum absolute atomic E-state index is 0.294. The van der Waals surface area contributed by atoms with Crippen LogP contribution in [0.15, 0.2) is 30.8 Å². The lowest BCUT2D eigenvalue weighted by Crippen LogP contribution is -2.28. The first-order valence-electron chi connectivity index (χ1n) is 4.43. The van der Waals surface area contributed by atoms with Gasteiger partial charge in [-0.1, -0.05) is 24.8 Å². The third kappa shape index (κ3) is 1.40. The van der Waals surface area contributed by atoms with Crippen LogP contribution in [-0.4, -0.2) is 28.4 Å². The van der Waals surface area contributed by atoms with Crippen LogP contribution < -0.4 is 0 Å². The average Bonchev–Trinajstić information content (AvgIpc) is 2.44. The van der Waals surface area contributed by atoms with Gasteiger partial charge in [0.15, 0.2) is 0 Å². The van der Waals surface area contributed by atoms with Crippen LogP contribution in [0.3, 0.4) is 0 Å². The van der Waals surface area contributed by atoms with E-state index in [9.17, 15) is 9.59 Å². The number of hydrogen-bond donors (Lipinski definition) is 1. The van der Waals surface area contributed by atoms with Crippen LogP contribution >= 0.6 is 0 Å². The maximum atomic E-state index is 11.7. The Morgan fingerprint density at radius 2 is 1.93 bits per heavy atom. The summed E-state index contributed by atoms with van der Waals surface area (Å²) < 4.78 is 0. The van der Waals surface area contributed by atoms with Gasteiger partial charge in [-0.25, -0.2) is 0 Å². The van der Waals surface area contributed by atoms with Crippen molar-refractivity contribution in [1.82, 2.24) is 4.90 Å². The molecule has 1 heterocycles. The molecule has 4 nitrogen and oxygen atoms in total. The highest BCUT2D eigenvalue weighted by molar-refractivity contribution is 6.09. The Balaban J connectivity index is 2.41. The molecule has 1 aliphatic rings. The zero-order chi connectivity index (χ0) is 11.0. The summed E-state index contributed by atoms with van der Waals surface area (Å²) in [4.78, 5) is 23.5. The SMILES string of the molecule is C=C1c2ccccc2C(=O)N1CC(=O)O. The minimum atomic E-state index is -1.04. The smallest absolute Gasteiger partial charge is 0.323 e. The second-order valence-corrected chi connectivity index (χ2v) is 3.28. The summed E-state index contributed by atoms with van der Waals surface area (Å²) in [7, 11) is 0. The van der Waals surface area contributed by atoms with Gasteiger partial charge in [0.05, 0.1) is 0 Å². The third-order valence-corrected chi connectivity index (χ3v) is 2.33. The van der Waals surface area contributed by atoms with Crippen LogP contribution in [0.1, 0.15) is 15.9 Å². The molecule has 2 rings (SSSR count). The van der Waals surface area contributed by atoms with Gasteiger partial charge in [0.25, 0.3) is 5.91 Å². The van der Waals surface area contributed by atoms with E-state index in [2.05, 4.69) is 6.58 Å². The number of aliphatic carboxylic acids is 1.